The Hall–Kier alpha value is -2.38. The summed E-state index contributed by atoms with van der Waals surface area (Å²) in [6, 6.07) is 8.26. The molecule has 1 unspecified atom stereocenters. The number of aromatic nitrogens is 4. The Kier molecular flexibility index (Phi) is 4.90. The number of nitrogens with one attached hydrogen (secondary N) is 1. The first-order valence-electron chi connectivity index (χ1n) is 8.86. The Bertz CT molecular complexity index is 879. The molecule has 0 saturated carbocycles. The highest BCUT2D eigenvalue weighted by molar-refractivity contribution is 7.15. The third-order valence-corrected chi connectivity index (χ3v) is 5.31. The number of hydrogen-bond donors (Lipinski definition) is 1. The van der Waals surface area contributed by atoms with Crippen molar-refractivity contribution in [2.45, 2.75) is 39.3 Å². The van der Waals surface area contributed by atoms with Gasteiger partial charge in [0.05, 0.1) is 11.7 Å². The number of nitrogens with zero attached hydrogens (tertiary/aromatic N) is 5. The van der Waals surface area contributed by atoms with Gasteiger partial charge in [-0.2, -0.15) is 0 Å². The van der Waals surface area contributed by atoms with Gasteiger partial charge in [0.25, 0.3) is 0 Å². The minimum absolute atomic E-state index is 0.232. The Labute approximate surface area is 157 Å². The highest BCUT2D eigenvalue weighted by Crippen LogP contribution is 2.32. The lowest BCUT2D eigenvalue weighted by atomic mass is 10.2. The molecule has 1 aliphatic heterocycles. The molecular weight excluding hydrogens is 344 g/mol. The third-order valence-electron chi connectivity index (χ3n) is 4.48. The van der Waals surface area contributed by atoms with Crippen LogP contribution in [-0.4, -0.2) is 31.4 Å². The average Bonchev–Trinajstić information content (AvgIpc) is 3.24. The minimum Gasteiger partial charge on any atom is -0.316 e. The molecule has 3 aromatic heterocycles. The van der Waals surface area contributed by atoms with Crippen LogP contribution in [0.4, 0.5) is 10.9 Å². The quantitative estimate of drug-likeness (QED) is 0.735. The van der Waals surface area contributed by atoms with Gasteiger partial charge in [-0.25, -0.2) is 15.0 Å². The molecule has 0 spiro atoms. The van der Waals surface area contributed by atoms with E-state index in [0.29, 0.717) is 0 Å². The molecule has 134 valence electrons. The van der Waals surface area contributed by atoms with Crippen molar-refractivity contribution in [2.24, 2.45) is 0 Å². The van der Waals surface area contributed by atoms with E-state index in [-0.39, 0.29) is 6.04 Å². The molecular formula is C19H22N6S. The van der Waals surface area contributed by atoms with Gasteiger partial charge in [0.1, 0.15) is 11.6 Å². The average molecular weight is 366 g/mol. The van der Waals surface area contributed by atoms with Crippen LogP contribution in [0.3, 0.4) is 0 Å². The first-order chi connectivity index (χ1) is 12.7. The summed E-state index contributed by atoms with van der Waals surface area (Å²) in [4.78, 5) is 21.9. The highest BCUT2D eigenvalue weighted by atomic mass is 32.1. The van der Waals surface area contributed by atoms with E-state index in [9.17, 15) is 0 Å². The summed E-state index contributed by atoms with van der Waals surface area (Å²) in [6.45, 7) is 5.94. The lowest BCUT2D eigenvalue weighted by molar-refractivity contribution is 0.237. The molecule has 0 bridgehead atoms. The number of thiazole rings is 1. The van der Waals surface area contributed by atoms with E-state index in [1.807, 2.05) is 44.4 Å². The normalized spacial score (nSPS) is 17.5. The summed E-state index contributed by atoms with van der Waals surface area (Å²) in [5.41, 5.74) is 2.05. The monoisotopic (exact) mass is 366 g/mol. The van der Waals surface area contributed by atoms with Crippen molar-refractivity contribution in [1.82, 2.24) is 24.8 Å². The predicted octanol–water partition coefficient (Wildman–Crippen LogP) is 4.03. The molecule has 0 radical (unpaired) electrons. The Morgan fingerprint density at radius 1 is 1.23 bits per heavy atom. The molecule has 1 fully saturated rings. The summed E-state index contributed by atoms with van der Waals surface area (Å²) >= 11 is 1.63. The van der Waals surface area contributed by atoms with Gasteiger partial charge in [0.15, 0.2) is 5.13 Å². The van der Waals surface area contributed by atoms with Crippen molar-refractivity contribution in [3.05, 3.63) is 58.7 Å². The van der Waals surface area contributed by atoms with E-state index < -0.39 is 0 Å². The molecule has 7 heteroatoms. The van der Waals surface area contributed by atoms with Gasteiger partial charge < -0.3 is 5.32 Å². The Balaban J connectivity index is 1.55. The number of aryl methyl sites for hydroxylation is 2. The number of rotatable bonds is 5. The second kappa shape index (κ2) is 7.47. The molecule has 0 amide bonds. The van der Waals surface area contributed by atoms with Gasteiger partial charge in [-0.15, -0.1) is 11.3 Å². The molecule has 0 aliphatic carbocycles. The van der Waals surface area contributed by atoms with E-state index in [1.165, 1.54) is 4.88 Å². The first kappa shape index (κ1) is 17.1. The third kappa shape index (κ3) is 3.89. The fourth-order valence-corrected chi connectivity index (χ4v) is 4.01. The number of likely N-dealkylation sites (tertiary alicyclic amines) is 1. The zero-order valence-electron chi connectivity index (χ0n) is 15.0. The van der Waals surface area contributed by atoms with Gasteiger partial charge in [0, 0.05) is 35.6 Å². The summed E-state index contributed by atoms with van der Waals surface area (Å²) in [6.07, 6.45) is 5.95. The van der Waals surface area contributed by atoms with E-state index >= 15 is 0 Å². The first-order valence-corrected chi connectivity index (χ1v) is 9.68. The molecule has 4 rings (SSSR count). The molecule has 1 aliphatic rings. The summed E-state index contributed by atoms with van der Waals surface area (Å²) in [7, 11) is 0. The maximum absolute atomic E-state index is 4.79. The topological polar surface area (TPSA) is 66.8 Å². The molecule has 4 heterocycles. The largest absolute Gasteiger partial charge is 0.316 e. The van der Waals surface area contributed by atoms with Crippen molar-refractivity contribution < 1.29 is 0 Å². The fraction of sp³-hybridized carbons (Fsp3) is 0.368. The molecule has 26 heavy (non-hydrogen) atoms. The fourth-order valence-electron chi connectivity index (χ4n) is 3.33. The van der Waals surface area contributed by atoms with Crippen LogP contribution in [0.15, 0.2) is 36.7 Å². The van der Waals surface area contributed by atoms with Crippen LogP contribution in [-0.2, 0) is 6.54 Å². The van der Waals surface area contributed by atoms with Gasteiger partial charge in [0.2, 0.25) is 0 Å². The van der Waals surface area contributed by atoms with Crippen LogP contribution in [0.5, 0.6) is 0 Å². The van der Waals surface area contributed by atoms with Crippen molar-refractivity contribution in [2.75, 3.05) is 11.9 Å². The van der Waals surface area contributed by atoms with Crippen LogP contribution in [0.1, 0.15) is 41.0 Å². The van der Waals surface area contributed by atoms with Crippen LogP contribution < -0.4 is 5.32 Å². The van der Waals surface area contributed by atoms with Crippen LogP contribution in [0.2, 0.25) is 0 Å². The number of anilines is 2. The van der Waals surface area contributed by atoms with Gasteiger partial charge in [-0.3, -0.25) is 9.88 Å². The van der Waals surface area contributed by atoms with Crippen molar-refractivity contribution in [3.63, 3.8) is 0 Å². The van der Waals surface area contributed by atoms with Gasteiger partial charge in [-0.05, 0) is 45.4 Å². The lowest BCUT2D eigenvalue weighted by Crippen LogP contribution is -2.25. The van der Waals surface area contributed by atoms with Crippen LogP contribution in [0.25, 0.3) is 0 Å². The van der Waals surface area contributed by atoms with E-state index in [4.69, 9.17) is 9.97 Å². The zero-order chi connectivity index (χ0) is 17.9. The maximum Gasteiger partial charge on any atom is 0.188 e. The molecule has 1 atom stereocenters. The number of hydrogen-bond acceptors (Lipinski definition) is 7. The molecule has 3 aromatic rings. The van der Waals surface area contributed by atoms with E-state index in [2.05, 4.69) is 26.3 Å². The minimum atomic E-state index is 0.232. The van der Waals surface area contributed by atoms with Gasteiger partial charge >= 0.3 is 0 Å². The van der Waals surface area contributed by atoms with E-state index in [1.54, 1.807) is 11.3 Å². The molecule has 0 aromatic carbocycles. The number of pyridine rings is 1. The molecule has 1 saturated heterocycles. The van der Waals surface area contributed by atoms with Crippen LogP contribution >= 0.6 is 11.3 Å². The Morgan fingerprint density at radius 2 is 2.15 bits per heavy atom. The summed E-state index contributed by atoms with van der Waals surface area (Å²) in [5, 5.41) is 4.18. The maximum atomic E-state index is 4.79. The van der Waals surface area contributed by atoms with E-state index in [0.717, 1.165) is 54.1 Å². The molecule has 1 N–H and O–H groups in total. The van der Waals surface area contributed by atoms with Gasteiger partial charge in [-0.1, -0.05) is 6.07 Å². The SMILES string of the molecule is Cc1cc(Nc2ncc(C)s2)nc(C2CCCN2Cc2ccccn2)n1. The van der Waals surface area contributed by atoms with Crippen molar-refractivity contribution in [1.29, 1.82) is 0 Å². The summed E-state index contributed by atoms with van der Waals surface area (Å²) in [5.74, 6) is 1.70. The zero-order valence-corrected chi connectivity index (χ0v) is 15.8. The summed E-state index contributed by atoms with van der Waals surface area (Å²) < 4.78 is 0. The predicted molar refractivity (Wildman–Crippen MR) is 104 cm³/mol. The second-order valence-electron chi connectivity index (χ2n) is 6.60. The second-order valence-corrected chi connectivity index (χ2v) is 7.84. The standard InChI is InChI=1S/C19H22N6S/c1-13-10-17(24-19-21-11-14(2)26-19)23-18(22-13)16-7-5-9-25(16)12-15-6-3-4-8-20-15/h3-4,6,8,10-11,16H,5,7,9,12H2,1-2H3,(H,21,22,23,24). The highest BCUT2D eigenvalue weighted by Gasteiger charge is 2.29. The Morgan fingerprint density at radius 3 is 2.92 bits per heavy atom. The van der Waals surface area contributed by atoms with Crippen LogP contribution in [0, 0.1) is 13.8 Å². The molecule has 6 nitrogen and oxygen atoms in total. The van der Waals surface area contributed by atoms with Crippen molar-refractivity contribution in [3.8, 4) is 0 Å². The lowest BCUT2D eigenvalue weighted by Gasteiger charge is -2.23. The van der Waals surface area contributed by atoms with Crippen molar-refractivity contribution >= 4 is 22.3 Å². The smallest absolute Gasteiger partial charge is 0.188 e.